The fraction of sp³-hybridized carbons (Fsp3) is 0.0435. The molecule has 7 nitrogen and oxygen atoms in total. The number of anilines is 3. The molecule has 0 spiro atoms. The summed E-state index contributed by atoms with van der Waals surface area (Å²) in [5.74, 6) is -0.625. The summed E-state index contributed by atoms with van der Waals surface area (Å²) in [5, 5.41) is 17.8. The van der Waals surface area contributed by atoms with Crippen molar-refractivity contribution in [2.24, 2.45) is 0 Å². The second-order valence-corrected chi connectivity index (χ2v) is 6.68. The predicted molar refractivity (Wildman–Crippen MR) is 117 cm³/mol. The van der Waals surface area contributed by atoms with Crippen molar-refractivity contribution in [1.29, 1.82) is 0 Å². The summed E-state index contributed by atoms with van der Waals surface area (Å²) in [7, 11) is 0. The molecule has 154 valence electrons. The van der Waals surface area contributed by atoms with Crippen molar-refractivity contribution in [3.63, 3.8) is 0 Å². The van der Waals surface area contributed by atoms with Gasteiger partial charge in [-0.3, -0.25) is 10.1 Å². The van der Waals surface area contributed by atoms with Crippen LogP contribution in [-0.2, 0) is 0 Å². The molecular weight excluding hydrogens is 397 g/mol. The molecule has 0 saturated carbocycles. The van der Waals surface area contributed by atoms with Crippen LogP contribution in [0.4, 0.5) is 27.4 Å². The van der Waals surface area contributed by atoms with Gasteiger partial charge in [-0.15, -0.1) is 0 Å². The molecule has 0 aliphatic rings. The fourth-order valence-electron chi connectivity index (χ4n) is 3.23. The van der Waals surface area contributed by atoms with Gasteiger partial charge in [-0.1, -0.05) is 72.8 Å². The van der Waals surface area contributed by atoms with Crippen LogP contribution >= 0.6 is 0 Å². The minimum atomic E-state index is -0.585. The molecule has 8 heteroatoms. The highest BCUT2D eigenvalue weighted by atomic mass is 19.1. The van der Waals surface area contributed by atoms with Crippen LogP contribution < -0.4 is 10.6 Å². The molecule has 0 radical (unpaired) electrons. The lowest BCUT2D eigenvalue weighted by Gasteiger charge is -2.20. The summed E-state index contributed by atoms with van der Waals surface area (Å²) >= 11 is 0. The lowest BCUT2D eigenvalue weighted by molar-refractivity contribution is -0.383. The van der Waals surface area contributed by atoms with Gasteiger partial charge in [0.05, 0.1) is 16.7 Å². The van der Waals surface area contributed by atoms with E-state index in [2.05, 4.69) is 20.6 Å². The van der Waals surface area contributed by atoms with E-state index in [1.54, 1.807) is 6.07 Å². The fourth-order valence-corrected chi connectivity index (χ4v) is 3.23. The summed E-state index contributed by atoms with van der Waals surface area (Å²) < 4.78 is 14.1. The van der Waals surface area contributed by atoms with Gasteiger partial charge in [0, 0.05) is 0 Å². The topological polar surface area (TPSA) is 93.0 Å². The van der Waals surface area contributed by atoms with E-state index in [-0.39, 0.29) is 23.0 Å². The Morgan fingerprint density at radius 2 is 1.35 bits per heavy atom. The molecule has 0 unspecified atom stereocenters. The monoisotopic (exact) mass is 415 g/mol. The number of nitro groups is 1. The third-order valence-corrected chi connectivity index (χ3v) is 4.68. The molecule has 1 heterocycles. The maximum atomic E-state index is 14.1. The number of halogens is 1. The molecule has 3 aromatic carbocycles. The van der Waals surface area contributed by atoms with Gasteiger partial charge in [0.2, 0.25) is 11.6 Å². The summed E-state index contributed by atoms with van der Waals surface area (Å²) in [6.45, 7) is 0. The largest absolute Gasteiger partial charge is 0.353 e. The zero-order valence-electron chi connectivity index (χ0n) is 16.3. The quantitative estimate of drug-likeness (QED) is 0.307. The van der Waals surface area contributed by atoms with E-state index in [1.807, 2.05) is 60.7 Å². The van der Waals surface area contributed by atoms with E-state index in [9.17, 15) is 14.5 Å². The van der Waals surface area contributed by atoms with Gasteiger partial charge >= 0.3 is 5.69 Å². The van der Waals surface area contributed by atoms with E-state index in [0.29, 0.717) is 0 Å². The van der Waals surface area contributed by atoms with Crippen LogP contribution in [0.3, 0.4) is 0 Å². The molecule has 2 N–H and O–H groups in total. The molecular formula is C23H18FN5O2. The second-order valence-electron chi connectivity index (χ2n) is 6.68. The van der Waals surface area contributed by atoms with Crippen LogP contribution in [-0.4, -0.2) is 14.9 Å². The van der Waals surface area contributed by atoms with Gasteiger partial charge in [0.1, 0.15) is 12.1 Å². The molecule has 4 aromatic rings. The van der Waals surface area contributed by atoms with Crippen molar-refractivity contribution >= 4 is 23.0 Å². The van der Waals surface area contributed by atoms with Crippen molar-refractivity contribution < 1.29 is 9.31 Å². The van der Waals surface area contributed by atoms with Crippen LogP contribution in [0, 0.1) is 15.9 Å². The first-order chi connectivity index (χ1) is 15.1. The third kappa shape index (κ3) is 4.48. The SMILES string of the molecule is O=[N+]([O-])c1c(Nc2ccccc2F)ncnc1NC(c1ccccc1)c1ccccc1. The smallest absolute Gasteiger partial charge is 0.353 e. The molecule has 31 heavy (non-hydrogen) atoms. The van der Waals surface area contributed by atoms with Gasteiger partial charge in [0.25, 0.3) is 0 Å². The van der Waals surface area contributed by atoms with Crippen molar-refractivity contribution in [1.82, 2.24) is 9.97 Å². The first-order valence-electron chi connectivity index (χ1n) is 9.51. The highest BCUT2D eigenvalue weighted by molar-refractivity contribution is 5.74. The van der Waals surface area contributed by atoms with E-state index in [0.717, 1.165) is 11.1 Å². The summed E-state index contributed by atoms with van der Waals surface area (Å²) in [4.78, 5) is 19.4. The predicted octanol–water partition coefficient (Wildman–Crippen LogP) is 5.47. The second kappa shape index (κ2) is 9.00. The van der Waals surface area contributed by atoms with Crippen LogP contribution in [0.2, 0.25) is 0 Å². The first-order valence-corrected chi connectivity index (χ1v) is 9.51. The first kappa shape index (κ1) is 20.0. The van der Waals surface area contributed by atoms with Gasteiger partial charge in [-0.25, -0.2) is 14.4 Å². The van der Waals surface area contributed by atoms with Crippen molar-refractivity contribution in [3.8, 4) is 0 Å². The Kier molecular flexibility index (Phi) is 5.79. The number of benzene rings is 3. The van der Waals surface area contributed by atoms with E-state index in [1.165, 1.54) is 24.5 Å². The zero-order chi connectivity index (χ0) is 21.6. The number of rotatable bonds is 7. The Morgan fingerprint density at radius 1 is 0.806 bits per heavy atom. The van der Waals surface area contributed by atoms with Gasteiger partial charge in [-0.2, -0.15) is 0 Å². The van der Waals surface area contributed by atoms with Gasteiger partial charge < -0.3 is 10.6 Å². The maximum Gasteiger partial charge on any atom is 0.353 e. The number of nitrogens with zero attached hydrogens (tertiary/aromatic N) is 3. The Bertz CT molecular complexity index is 1150. The minimum absolute atomic E-state index is 0.0246. The number of para-hydroxylation sites is 1. The lowest BCUT2D eigenvalue weighted by atomic mass is 9.99. The standard InChI is InChI=1S/C23H18FN5O2/c24-18-13-7-8-14-19(18)27-22-21(29(30)31)23(26-15-25-22)28-20(16-9-3-1-4-10-16)17-11-5-2-6-12-17/h1-15,20H,(H2,25,26,27,28). The van der Waals surface area contributed by atoms with E-state index in [4.69, 9.17) is 0 Å². The molecule has 0 fully saturated rings. The molecule has 0 atom stereocenters. The van der Waals surface area contributed by atoms with Crippen molar-refractivity contribution in [3.05, 3.63) is 118 Å². The zero-order valence-corrected chi connectivity index (χ0v) is 16.3. The Hall–Kier alpha value is -4.33. The van der Waals surface area contributed by atoms with Crippen molar-refractivity contribution in [2.75, 3.05) is 10.6 Å². The minimum Gasteiger partial charge on any atom is -0.353 e. The average Bonchev–Trinajstić information content (AvgIpc) is 2.80. The molecule has 4 rings (SSSR count). The third-order valence-electron chi connectivity index (χ3n) is 4.68. The highest BCUT2D eigenvalue weighted by Gasteiger charge is 2.26. The summed E-state index contributed by atoms with van der Waals surface area (Å²) in [6, 6.07) is 24.6. The molecule has 0 bridgehead atoms. The van der Waals surface area contributed by atoms with Crippen molar-refractivity contribution in [2.45, 2.75) is 6.04 Å². The number of hydrogen-bond acceptors (Lipinski definition) is 6. The number of nitrogens with one attached hydrogen (secondary N) is 2. The van der Waals surface area contributed by atoms with Gasteiger partial charge in [-0.05, 0) is 23.3 Å². The molecule has 0 aliphatic carbocycles. The molecule has 0 aliphatic heterocycles. The maximum absolute atomic E-state index is 14.1. The summed E-state index contributed by atoms with van der Waals surface area (Å²) in [5.41, 5.74) is 1.52. The Morgan fingerprint density at radius 3 is 1.94 bits per heavy atom. The van der Waals surface area contributed by atoms with Crippen LogP contribution in [0.1, 0.15) is 17.2 Å². The number of aromatic nitrogens is 2. The number of hydrogen-bond donors (Lipinski definition) is 2. The molecule has 0 saturated heterocycles. The normalized spacial score (nSPS) is 10.6. The Labute approximate surface area is 177 Å². The molecule has 0 amide bonds. The van der Waals surface area contributed by atoms with E-state index < -0.39 is 16.8 Å². The van der Waals surface area contributed by atoms with Gasteiger partial charge in [0.15, 0.2) is 0 Å². The summed E-state index contributed by atoms with van der Waals surface area (Å²) in [6.07, 6.45) is 1.20. The van der Waals surface area contributed by atoms with Crippen LogP contribution in [0.25, 0.3) is 0 Å². The van der Waals surface area contributed by atoms with E-state index >= 15 is 0 Å². The highest BCUT2D eigenvalue weighted by Crippen LogP contribution is 2.35. The molecule has 1 aromatic heterocycles. The van der Waals surface area contributed by atoms with Crippen LogP contribution in [0.5, 0.6) is 0 Å². The lowest BCUT2D eigenvalue weighted by Crippen LogP contribution is -2.15. The van der Waals surface area contributed by atoms with Crippen LogP contribution in [0.15, 0.2) is 91.3 Å². The average molecular weight is 415 g/mol. The Balaban J connectivity index is 1.76.